The molecule has 0 amide bonds. The number of aromatic nitrogens is 1. The average molecular weight is 314 g/mol. The van der Waals surface area contributed by atoms with Crippen LogP contribution in [0.2, 0.25) is 0 Å². The first-order chi connectivity index (χ1) is 8.74. The second-order valence-electron chi connectivity index (χ2n) is 5.07. The molecule has 0 bridgehead atoms. The summed E-state index contributed by atoms with van der Waals surface area (Å²) in [5.41, 5.74) is 0. The van der Waals surface area contributed by atoms with Gasteiger partial charge in [-0.1, -0.05) is 0 Å². The molecule has 2 atom stereocenters. The van der Waals surface area contributed by atoms with Crippen LogP contribution in [0.1, 0.15) is 12.8 Å². The van der Waals surface area contributed by atoms with Gasteiger partial charge in [-0.2, -0.15) is 0 Å². The molecule has 3 heterocycles. The van der Waals surface area contributed by atoms with E-state index in [1.165, 1.54) is 12.8 Å². The molecule has 0 aromatic carbocycles. The number of nitrogens with zero attached hydrogens (tertiary/aromatic N) is 3. The van der Waals surface area contributed by atoms with Crippen molar-refractivity contribution < 1.29 is 4.39 Å². The fraction of sp³-hybridized carbons (Fsp3) is 0.615. The number of alkyl halides is 1. The van der Waals surface area contributed by atoms with Crippen molar-refractivity contribution in [1.82, 2.24) is 9.88 Å². The third-order valence-corrected chi connectivity index (χ3v) is 4.33. The molecule has 2 fully saturated rings. The Kier molecular flexibility index (Phi) is 3.52. The van der Waals surface area contributed by atoms with E-state index in [0.717, 1.165) is 29.9 Å². The molecule has 18 heavy (non-hydrogen) atoms. The summed E-state index contributed by atoms with van der Waals surface area (Å²) >= 11 is 3.37. The summed E-state index contributed by atoms with van der Waals surface area (Å²) < 4.78 is 15.1. The van der Waals surface area contributed by atoms with E-state index in [0.29, 0.717) is 6.54 Å². The lowest BCUT2D eigenvalue weighted by Gasteiger charge is -2.24. The van der Waals surface area contributed by atoms with Crippen LogP contribution in [0.3, 0.4) is 0 Å². The molecule has 3 rings (SSSR count). The van der Waals surface area contributed by atoms with Gasteiger partial charge in [0.2, 0.25) is 0 Å². The quantitative estimate of drug-likeness (QED) is 0.836. The van der Waals surface area contributed by atoms with Gasteiger partial charge in [0.1, 0.15) is 12.0 Å². The molecule has 5 heteroatoms. The summed E-state index contributed by atoms with van der Waals surface area (Å²) in [4.78, 5) is 8.70. The van der Waals surface area contributed by atoms with Crippen LogP contribution < -0.4 is 4.90 Å². The third-order valence-electron chi connectivity index (χ3n) is 3.87. The average Bonchev–Trinajstić information content (AvgIpc) is 2.99. The molecular weight excluding hydrogens is 297 g/mol. The number of halogens is 2. The highest BCUT2D eigenvalue weighted by atomic mass is 79.9. The predicted molar refractivity (Wildman–Crippen MR) is 73.6 cm³/mol. The lowest BCUT2D eigenvalue weighted by Crippen LogP contribution is -2.39. The predicted octanol–water partition coefficient (Wildman–Crippen LogP) is 2.47. The monoisotopic (exact) mass is 313 g/mol. The molecule has 1 aromatic rings. The van der Waals surface area contributed by atoms with E-state index in [4.69, 9.17) is 0 Å². The van der Waals surface area contributed by atoms with Crippen LogP contribution in [0.4, 0.5) is 10.2 Å². The van der Waals surface area contributed by atoms with Gasteiger partial charge in [0, 0.05) is 17.2 Å². The zero-order valence-corrected chi connectivity index (χ0v) is 11.8. The van der Waals surface area contributed by atoms with Gasteiger partial charge in [0.05, 0.1) is 12.6 Å². The number of pyridine rings is 1. The molecule has 0 spiro atoms. The van der Waals surface area contributed by atoms with Gasteiger partial charge in [0.25, 0.3) is 0 Å². The highest BCUT2D eigenvalue weighted by molar-refractivity contribution is 9.10. The molecule has 0 unspecified atom stereocenters. The maximum Gasteiger partial charge on any atom is 0.135 e. The molecule has 1 aromatic heterocycles. The van der Waals surface area contributed by atoms with Crippen LogP contribution in [0.15, 0.2) is 22.8 Å². The molecule has 2 aliphatic heterocycles. The summed E-state index contributed by atoms with van der Waals surface area (Å²) in [5, 5.41) is 0. The van der Waals surface area contributed by atoms with Crippen molar-refractivity contribution in [2.24, 2.45) is 0 Å². The van der Waals surface area contributed by atoms with Crippen molar-refractivity contribution in [2.45, 2.75) is 25.1 Å². The van der Waals surface area contributed by atoms with E-state index in [-0.39, 0.29) is 6.04 Å². The van der Waals surface area contributed by atoms with Gasteiger partial charge in [-0.3, -0.25) is 4.90 Å². The van der Waals surface area contributed by atoms with Crippen LogP contribution in [-0.4, -0.2) is 48.3 Å². The summed E-state index contributed by atoms with van der Waals surface area (Å²) in [5.74, 6) is 0.877. The Bertz CT molecular complexity index is 405. The van der Waals surface area contributed by atoms with Crippen molar-refractivity contribution >= 4 is 21.7 Å². The van der Waals surface area contributed by atoms with Gasteiger partial charge < -0.3 is 4.90 Å². The second-order valence-corrected chi connectivity index (χ2v) is 5.98. The molecule has 0 aliphatic carbocycles. The molecule has 0 saturated carbocycles. The third kappa shape index (κ3) is 2.38. The minimum absolute atomic E-state index is 0.0537. The van der Waals surface area contributed by atoms with Crippen LogP contribution in [0.25, 0.3) is 0 Å². The Morgan fingerprint density at radius 3 is 2.67 bits per heavy atom. The van der Waals surface area contributed by atoms with E-state index < -0.39 is 6.17 Å². The first kappa shape index (κ1) is 12.4. The SMILES string of the molecule is F[C@@H]1CN(c2ccc(Br)cn2)C[C@H]1N1CCCC1. The molecular formula is C13H17BrFN3. The van der Waals surface area contributed by atoms with Gasteiger partial charge in [-0.25, -0.2) is 9.37 Å². The topological polar surface area (TPSA) is 19.4 Å². The van der Waals surface area contributed by atoms with E-state index in [2.05, 4.69) is 30.7 Å². The molecule has 3 nitrogen and oxygen atoms in total. The maximum atomic E-state index is 14.1. The van der Waals surface area contributed by atoms with E-state index in [9.17, 15) is 4.39 Å². The minimum atomic E-state index is -0.756. The maximum absolute atomic E-state index is 14.1. The number of hydrogen-bond acceptors (Lipinski definition) is 3. The number of anilines is 1. The van der Waals surface area contributed by atoms with E-state index in [1.54, 1.807) is 6.20 Å². The zero-order valence-electron chi connectivity index (χ0n) is 10.2. The molecule has 98 valence electrons. The summed E-state index contributed by atoms with van der Waals surface area (Å²) in [7, 11) is 0. The molecule has 2 saturated heterocycles. The minimum Gasteiger partial charge on any atom is -0.352 e. The number of likely N-dealkylation sites (tertiary alicyclic amines) is 1. The lowest BCUT2D eigenvalue weighted by atomic mass is 10.2. The van der Waals surface area contributed by atoms with Crippen molar-refractivity contribution in [3.05, 3.63) is 22.8 Å². The van der Waals surface area contributed by atoms with E-state index >= 15 is 0 Å². The van der Waals surface area contributed by atoms with Crippen molar-refractivity contribution in [3.63, 3.8) is 0 Å². The second kappa shape index (κ2) is 5.13. The molecule has 0 radical (unpaired) electrons. The lowest BCUT2D eigenvalue weighted by molar-refractivity contribution is 0.173. The van der Waals surface area contributed by atoms with Crippen LogP contribution in [0.5, 0.6) is 0 Å². The Morgan fingerprint density at radius 2 is 2.00 bits per heavy atom. The van der Waals surface area contributed by atoms with Crippen LogP contribution in [-0.2, 0) is 0 Å². The van der Waals surface area contributed by atoms with Gasteiger partial charge >= 0.3 is 0 Å². The summed E-state index contributed by atoms with van der Waals surface area (Å²) in [6.45, 7) is 3.32. The Morgan fingerprint density at radius 1 is 1.22 bits per heavy atom. The fourth-order valence-electron chi connectivity index (χ4n) is 2.91. The Labute approximate surface area is 115 Å². The highest BCUT2D eigenvalue weighted by Gasteiger charge is 2.38. The summed E-state index contributed by atoms with van der Waals surface area (Å²) in [6, 6.07) is 3.96. The Hall–Kier alpha value is -0.680. The van der Waals surface area contributed by atoms with Gasteiger partial charge in [-0.15, -0.1) is 0 Å². The number of rotatable bonds is 2. The summed E-state index contributed by atoms with van der Waals surface area (Å²) in [6.07, 6.45) is 3.43. The van der Waals surface area contributed by atoms with Crippen molar-refractivity contribution in [3.8, 4) is 0 Å². The largest absolute Gasteiger partial charge is 0.352 e. The standard InChI is InChI=1S/C13H17BrFN3/c14-10-3-4-13(16-7-10)18-8-11(15)12(9-18)17-5-1-2-6-17/h3-4,7,11-12H,1-2,5-6,8-9H2/t11-,12-/m1/s1. The van der Waals surface area contributed by atoms with Crippen molar-refractivity contribution in [1.29, 1.82) is 0 Å². The van der Waals surface area contributed by atoms with Gasteiger partial charge in [0.15, 0.2) is 0 Å². The molecule has 2 aliphatic rings. The number of hydrogen-bond donors (Lipinski definition) is 0. The van der Waals surface area contributed by atoms with Gasteiger partial charge in [-0.05, 0) is 54.0 Å². The van der Waals surface area contributed by atoms with Crippen LogP contribution >= 0.6 is 15.9 Å². The van der Waals surface area contributed by atoms with Crippen molar-refractivity contribution in [2.75, 3.05) is 31.1 Å². The zero-order chi connectivity index (χ0) is 12.5. The van der Waals surface area contributed by atoms with Crippen LogP contribution in [0, 0.1) is 0 Å². The molecule has 0 N–H and O–H groups in total. The Balaban J connectivity index is 1.71. The van der Waals surface area contributed by atoms with E-state index in [1.807, 2.05) is 12.1 Å². The highest BCUT2D eigenvalue weighted by Crippen LogP contribution is 2.26. The first-order valence-corrected chi connectivity index (χ1v) is 7.28. The fourth-order valence-corrected chi connectivity index (χ4v) is 3.14. The first-order valence-electron chi connectivity index (χ1n) is 6.48. The normalized spacial score (nSPS) is 29.1. The smallest absolute Gasteiger partial charge is 0.135 e.